The molecule has 0 atom stereocenters. The summed E-state index contributed by atoms with van der Waals surface area (Å²) >= 11 is 0. The van der Waals surface area contributed by atoms with Gasteiger partial charge in [0.15, 0.2) is 0 Å². The second-order valence-corrected chi connectivity index (χ2v) is 5.24. The van der Waals surface area contributed by atoms with Gasteiger partial charge in [0.25, 0.3) is 0 Å². The van der Waals surface area contributed by atoms with Crippen molar-refractivity contribution in [1.29, 1.82) is 0 Å². The van der Waals surface area contributed by atoms with Gasteiger partial charge in [0.2, 0.25) is 0 Å². The van der Waals surface area contributed by atoms with Gasteiger partial charge in [0.1, 0.15) is 11.6 Å². The van der Waals surface area contributed by atoms with E-state index < -0.39 is 0 Å². The van der Waals surface area contributed by atoms with E-state index in [9.17, 15) is 4.39 Å². The lowest BCUT2D eigenvalue weighted by molar-refractivity contribution is 0.605. The molecule has 0 unspecified atom stereocenters. The molecule has 0 saturated carbocycles. The summed E-state index contributed by atoms with van der Waals surface area (Å²) < 4.78 is 15.7. The number of halogens is 1. The monoisotopic (exact) mass is 290 g/mol. The van der Waals surface area contributed by atoms with Crippen molar-refractivity contribution in [1.82, 2.24) is 15.1 Å². The number of rotatable bonds is 6. The average Bonchev–Trinajstić information content (AvgIpc) is 2.73. The van der Waals surface area contributed by atoms with Crippen molar-refractivity contribution in [3.63, 3.8) is 0 Å². The zero-order valence-electron chi connectivity index (χ0n) is 13.2. The van der Waals surface area contributed by atoms with E-state index in [1.807, 2.05) is 42.7 Å². The van der Waals surface area contributed by atoms with Gasteiger partial charge >= 0.3 is 0 Å². The minimum Gasteiger partial charge on any atom is -0.355 e. The SMILES string of the molecule is CCNCc1c(C)nn(C)c1N(C)Cc1ccccc1F. The van der Waals surface area contributed by atoms with Gasteiger partial charge in [-0.25, -0.2) is 4.39 Å². The molecule has 1 aromatic carbocycles. The molecule has 5 heteroatoms. The zero-order chi connectivity index (χ0) is 15.4. The quantitative estimate of drug-likeness (QED) is 0.888. The first-order valence-electron chi connectivity index (χ1n) is 7.22. The summed E-state index contributed by atoms with van der Waals surface area (Å²) in [7, 11) is 3.90. The van der Waals surface area contributed by atoms with Gasteiger partial charge in [0.05, 0.1) is 5.69 Å². The summed E-state index contributed by atoms with van der Waals surface area (Å²) in [5.74, 6) is 0.855. The average molecular weight is 290 g/mol. The van der Waals surface area contributed by atoms with Crippen LogP contribution in [-0.2, 0) is 20.1 Å². The Kier molecular flexibility index (Phi) is 4.96. The Morgan fingerprint density at radius 3 is 2.71 bits per heavy atom. The molecule has 0 radical (unpaired) electrons. The predicted octanol–water partition coefficient (Wildman–Crippen LogP) is 2.61. The highest BCUT2D eigenvalue weighted by molar-refractivity contribution is 5.50. The summed E-state index contributed by atoms with van der Waals surface area (Å²) in [5, 5.41) is 7.83. The number of nitrogens with zero attached hydrogens (tertiary/aromatic N) is 3. The molecule has 0 aliphatic rings. The molecule has 0 bridgehead atoms. The molecule has 0 aliphatic heterocycles. The Morgan fingerprint density at radius 2 is 2.05 bits per heavy atom. The summed E-state index contributed by atoms with van der Waals surface area (Å²) in [5.41, 5.74) is 2.86. The molecular formula is C16H23FN4. The molecule has 0 spiro atoms. The van der Waals surface area contributed by atoms with Gasteiger partial charge in [-0.1, -0.05) is 25.1 Å². The minimum atomic E-state index is -0.170. The van der Waals surface area contributed by atoms with Crippen LogP contribution in [0.5, 0.6) is 0 Å². The zero-order valence-corrected chi connectivity index (χ0v) is 13.2. The van der Waals surface area contributed by atoms with Gasteiger partial charge in [-0.05, 0) is 19.5 Å². The highest BCUT2D eigenvalue weighted by Gasteiger charge is 2.17. The maximum atomic E-state index is 13.8. The number of aromatic nitrogens is 2. The number of anilines is 1. The van der Waals surface area contributed by atoms with Crippen molar-refractivity contribution in [3.8, 4) is 0 Å². The predicted molar refractivity (Wildman–Crippen MR) is 83.8 cm³/mol. The topological polar surface area (TPSA) is 33.1 Å². The molecule has 4 nitrogen and oxygen atoms in total. The van der Waals surface area contributed by atoms with Gasteiger partial charge in [-0.15, -0.1) is 0 Å². The van der Waals surface area contributed by atoms with Crippen LogP contribution in [0.2, 0.25) is 0 Å². The molecule has 114 valence electrons. The fourth-order valence-corrected chi connectivity index (χ4v) is 2.58. The standard InChI is InChI=1S/C16H23FN4/c1-5-18-10-14-12(2)19-21(4)16(14)20(3)11-13-8-6-7-9-15(13)17/h6-9,18H,5,10-11H2,1-4H3. The van der Waals surface area contributed by atoms with E-state index in [4.69, 9.17) is 0 Å². The van der Waals surface area contributed by atoms with Crippen LogP contribution >= 0.6 is 0 Å². The molecule has 2 aromatic rings. The maximum Gasteiger partial charge on any atom is 0.131 e. The third-order valence-corrected chi connectivity index (χ3v) is 3.59. The number of benzene rings is 1. The van der Waals surface area contributed by atoms with Crippen LogP contribution in [0.4, 0.5) is 10.2 Å². The Balaban J connectivity index is 2.26. The second kappa shape index (κ2) is 6.72. The number of hydrogen-bond acceptors (Lipinski definition) is 3. The highest BCUT2D eigenvalue weighted by Crippen LogP contribution is 2.24. The number of aryl methyl sites for hydroxylation is 2. The van der Waals surface area contributed by atoms with Gasteiger partial charge in [0, 0.05) is 38.3 Å². The van der Waals surface area contributed by atoms with E-state index in [1.165, 1.54) is 6.07 Å². The normalized spacial score (nSPS) is 10.9. The summed E-state index contributed by atoms with van der Waals surface area (Å²) in [6.45, 7) is 6.28. The molecule has 0 amide bonds. The molecule has 1 N–H and O–H groups in total. The first-order valence-corrected chi connectivity index (χ1v) is 7.22. The number of hydrogen-bond donors (Lipinski definition) is 1. The molecule has 0 aliphatic carbocycles. The third kappa shape index (κ3) is 3.42. The summed E-state index contributed by atoms with van der Waals surface area (Å²) in [4.78, 5) is 2.05. The maximum absolute atomic E-state index is 13.8. The third-order valence-electron chi connectivity index (χ3n) is 3.59. The van der Waals surface area contributed by atoms with Crippen LogP contribution in [0.15, 0.2) is 24.3 Å². The van der Waals surface area contributed by atoms with Crippen LogP contribution in [0.1, 0.15) is 23.7 Å². The van der Waals surface area contributed by atoms with Gasteiger partial charge in [-0.3, -0.25) is 4.68 Å². The van der Waals surface area contributed by atoms with E-state index in [0.717, 1.165) is 30.2 Å². The van der Waals surface area contributed by atoms with Gasteiger partial charge in [-0.2, -0.15) is 5.10 Å². The molecule has 21 heavy (non-hydrogen) atoms. The van der Waals surface area contributed by atoms with Crippen LogP contribution in [-0.4, -0.2) is 23.4 Å². The fourth-order valence-electron chi connectivity index (χ4n) is 2.58. The van der Waals surface area contributed by atoms with E-state index >= 15 is 0 Å². The van der Waals surface area contributed by atoms with E-state index in [-0.39, 0.29) is 5.82 Å². The van der Waals surface area contributed by atoms with Crippen molar-refractivity contribution in [2.24, 2.45) is 7.05 Å². The first kappa shape index (κ1) is 15.5. The number of nitrogens with one attached hydrogen (secondary N) is 1. The molecule has 1 heterocycles. The smallest absolute Gasteiger partial charge is 0.131 e. The second-order valence-electron chi connectivity index (χ2n) is 5.24. The van der Waals surface area contributed by atoms with Crippen LogP contribution in [0, 0.1) is 12.7 Å². The lowest BCUT2D eigenvalue weighted by Gasteiger charge is -2.21. The lowest BCUT2D eigenvalue weighted by Crippen LogP contribution is -2.23. The van der Waals surface area contributed by atoms with Crippen molar-refractivity contribution >= 4 is 5.82 Å². The van der Waals surface area contributed by atoms with Crippen LogP contribution < -0.4 is 10.2 Å². The summed E-state index contributed by atoms with van der Waals surface area (Å²) in [6.07, 6.45) is 0. The lowest BCUT2D eigenvalue weighted by atomic mass is 10.2. The molecule has 0 fully saturated rings. The van der Waals surface area contributed by atoms with E-state index in [2.05, 4.69) is 17.3 Å². The van der Waals surface area contributed by atoms with Crippen molar-refractivity contribution in [3.05, 3.63) is 46.9 Å². The van der Waals surface area contributed by atoms with Crippen molar-refractivity contribution in [2.45, 2.75) is 26.9 Å². The van der Waals surface area contributed by atoms with Crippen LogP contribution in [0.3, 0.4) is 0 Å². The molecule has 1 aromatic heterocycles. The van der Waals surface area contributed by atoms with Crippen LogP contribution in [0.25, 0.3) is 0 Å². The molecule has 0 saturated heterocycles. The Morgan fingerprint density at radius 1 is 1.33 bits per heavy atom. The van der Waals surface area contributed by atoms with Gasteiger partial charge < -0.3 is 10.2 Å². The largest absolute Gasteiger partial charge is 0.355 e. The highest BCUT2D eigenvalue weighted by atomic mass is 19.1. The minimum absolute atomic E-state index is 0.170. The van der Waals surface area contributed by atoms with Crippen molar-refractivity contribution < 1.29 is 4.39 Å². The molecular weight excluding hydrogens is 267 g/mol. The first-order chi connectivity index (χ1) is 10.0. The Hall–Kier alpha value is -1.88. The Bertz CT molecular complexity index is 606. The van der Waals surface area contributed by atoms with E-state index in [0.29, 0.717) is 12.1 Å². The van der Waals surface area contributed by atoms with Crippen molar-refractivity contribution in [2.75, 3.05) is 18.5 Å². The van der Waals surface area contributed by atoms with E-state index in [1.54, 1.807) is 6.07 Å². The molecule has 2 rings (SSSR count). The Labute approximate surface area is 125 Å². The summed E-state index contributed by atoms with van der Waals surface area (Å²) in [6, 6.07) is 6.89. The fraction of sp³-hybridized carbons (Fsp3) is 0.438.